The van der Waals surface area contributed by atoms with Crippen molar-refractivity contribution in [2.75, 3.05) is 0 Å². The Bertz CT molecular complexity index is 1250. The van der Waals surface area contributed by atoms with E-state index in [2.05, 4.69) is 66.7 Å². The molecule has 0 aliphatic rings. The summed E-state index contributed by atoms with van der Waals surface area (Å²) in [5.74, 6) is 0.314. The van der Waals surface area contributed by atoms with Crippen molar-refractivity contribution in [3.05, 3.63) is 91.0 Å². The predicted octanol–water partition coefficient (Wildman–Crippen LogP) is 6.52. The predicted molar refractivity (Wildman–Crippen MR) is 106 cm³/mol. The van der Waals surface area contributed by atoms with Crippen molar-refractivity contribution in [1.82, 2.24) is 0 Å². The zero-order chi connectivity index (χ0) is 16.8. The van der Waals surface area contributed by atoms with Gasteiger partial charge in [0.1, 0.15) is 5.75 Å². The van der Waals surface area contributed by atoms with E-state index in [1.54, 1.807) is 6.07 Å². The molecule has 0 fully saturated rings. The van der Waals surface area contributed by atoms with Gasteiger partial charge >= 0.3 is 0 Å². The molecule has 0 aromatic heterocycles. The fourth-order valence-electron chi connectivity index (χ4n) is 3.72. The summed E-state index contributed by atoms with van der Waals surface area (Å²) in [7, 11) is 0. The summed E-state index contributed by atoms with van der Waals surface area (Å²) in [5.41, 5.74) is 1.93. The number of fused-ring (bicyclic) bond motifs is 4. The van der Waals surface area contributed by atoms with Gasteiger partial charge in [-0.25, -0.2) is 0 Å². The molecule has 0 aliphatic carbocycles. The molecular weight excluding hydrogens is 304 g/mol. The van der Waals surface area contributed by atoms with E-state index in [-0.39, 0.29) is 0 Å². The van der Waals surface area contributed by atoms with Crippen LogP contribution in [0.5, 0.6) is 5.75 Å². The van der Waals surface area contributed by atoms with Gasteiger partial charge < -0.3 is 5.11 Å². The standard InChI is InChI=1S/C24H16O/c25-24-11-4-3-8-22(24)19-9-5-10-20-21(19)13-12-18-14-16-6-1-2-7-17(16)15-23(18)20/h1-15,25H. The maximum absolute atomic E-state index is 10.3. The van der Waals surface area contributed by atoms with Gasteiger partial charge in [-0.15, -0.1) is 0 Å². The topological polar surface area (TPSA) is 20.2 Å². The Labute approximate surface area is 145 Å². The largest absolute Gasteiger partial charge is 0.507 e. The molecule has 1 N–H and O–H groups in total. The van der Waals surface area contributed by atoms with Crippen LogP contribution < -0.4 is 0 Å². The minimum atomic E-state index is 0.314. The first-order chi connectivity index (χ1) is 12.3. The van der Waals surface area contributed by atoms with Crippen molar-refractivity contribution in [1.29, 1.82) is 0 Å². The second-order valence-corrected chi connectivity index (χ2v) is 6.40. The lowest BCUT2D eigenvalue weighted by Crippen LogP contribution is -1.84. The van der Waals surface area contributed by atoms with Gasteiger partial charge in [0, 0.05) is 5.56 Å². The number of benzene rings is 5. The molecule has 1 nitrogen and oxygen atoms in total. The molecule has 1 heteroatoms. The van der Waals surface area contributed by atoms with E-state index in [4.69, 9.17) is 0 Å². The molecule has 0 saturated carbocycles. The summed E-state index contributed by atoms with van der Waals surface area (Å²) in [6.45, 7) is 0. The number of rotatable bonds is 1. The van der Waals surface area contributed by atoms with Crippen molar-refractivity contribution in [2.45, 2.75) is 0 Å². The van der Waals surface area contributed by atoms with Crippen LogP contribution in [0.4, 0.5) is 0 Å². The van der Waals surface area contributed by atoms with Crippen LogP contribution in [-0.4, -0.2) is 5.11 Å². The van der Waals surface area contributed by atoms with Gasteiger partial charge in [-0.1, -0.05) is 72.8 Å². The van der Waals surface area contributed by atoms with E-state index in [1.165, 1.54) is 26.9 Å². The monoisotopic (exact) mass is 320 g/mol. The zero-order valence-corrected chi connectivity index (χ0v) is 13.6. The van der Waals surface area contributed by atoms with Crippen molar-refractivity contribution in [3.8, 4) is 16.9 Å². The van der Waals surface area contributed by atoms with Crippen LogP contribution in [0.15, 0.2) is 91.0 Å². The third-order valence-electron chi connectivity index (χ3n) is 4.94. The normalized spacial score (nSPS) is 11.4. The second-order valence-electron chi connectivity index (χ2n) is 6.40. The number of aromatic hydroxyl groups is 1. The molecule has 0 radical (unpaired) electrons. The van der Waals surface area contributed by atoms with Crippen LogP contribution in [0.25, 0.3) is 43.4 Å². The first kappa shape index (κ1) is 14.1. The molecule has 25 heavy (non-hydrogen) atoms. The quantitative estimate of drug-likeness (QED) is 0.275. The van der Waals surface area contributed by atoms with Crippen LogP contribution in [0.2, 0.25) is 0 Å². The fraction of sp³-hybridized carbons (Fsp3) is 0. The lowest BCUT2D eigenvalue weighted by atomic mass is 9.93. The Balaban J connectivity index is 1.90. The maximum atomic E-state index is 10.3. The number of phenolic OH excluding ortho intramolecular Hbond substituents is 1. The minimum absolute atomic E-state index is 0.314. The highest BCUT2D eigenvalue weighted by molar-refractivity contribution is 6.15. The molecule has 0 bridgehead atoms. The molecule has 0 amide bonds. The third-order valence-corrected chi connectivity index (χ3v) is 4.94. The molecule has 0 unspecified atom stereocenters. The molecule has 5 rings (SSSR count). The van der Waals surface area contributed by atoms with Crippen LogP contribution in [0.1, 0.15) is 0 Å². The SMILES string of the molecule is Oc1ccccc1-c1cccc2c1ccc1cc3ccccc3cc12. The summed E-state index contributed by atoms with van der Waals surface area (Å²) in [6.07, 6.45) is 0. The maximum Gasteiger partial charge on any atom is 0.123 e. The molecule has 0 aliphatic heterocycles. The first-order valence-electron chi connectivity index (χ1n) is 8.44. The molecule has 0 heterocycles. The van der Waals surface area contributed by atoms with Crippen LogP contribution in [-0.2, 0) is 0 Å². The van der Waals surface area contributed by atoms with Gasteiger partial charge in [-0.05, 0) is 56.1 Å². The van der Waals surface area contributed by atoms with E-state index in [9.17, 15) is 5.11 Å². The lowest BCUT2D eigenvalue weighted by Gasteiger charge is -2.11. The van der Waals surface area contributed by atoms with E-state index < -0.39 is 0 Å². The van der Waals surface area contributed by atoms with E-state index >= 15 is 0 Å². The fourth-order valence-corrected chi connectivity index (χ4v) is 3.72. The average Bonchev–Trinajstić information content (AvgIpc) is 2.66. The lowest BCUT2D eigenvalue weighted by molar-refractivity contribution is 0.477. The van der Waals surface area contributed by atoms with Crippen molar-refractivity contribution >= 4 is 32.3 Å². The molecule has 0 atom stereocenters. The zero-order valence-electron chi connectivity index (χ0n) is 13.6. The number of para-hydroxylation sites is 1. The van der Waals surface area contributed by atoms with E-state index in [0.29, 0.717) is 5.75 Å². The van der Waals surface area contributed by atoms with Crippen LogP contribution in [0, 0.1) is 0 Å². The Hall–Kier alpha value is -3.32. The third kappa shape index (κ3) is 2.17. The van der Waals surface area contributed by atoms with Crippen molar-refractivity contribution in [2.24, 2.45) is 0 Å². The molecule has 118 valence electrons. The Morgan fingerprint density at radius 2 is 1.16 bits per heavy atom. The highest BCUT2D eigenvalue weighted by atomic mass is 16.3. The summed E-state index contributed by atoms with van der Waals surface area (Å²) in [4.78, 5) is 0. The van der Waals surface area contributed by atoms with Gasteiger partial charge in [-0.3, -0.25) is 0 Å². The van der Waals surface area contributed by atoms with Gasteiger partial charge in [-0.2, -0.15) is 0 Å². The van der Waals surface area contributed by atoms with Crippen LogP contribution >= 0.6 is 0 Å². The smallest absolute Gasteiger partial charge is 0.123 e. The van der Waals surface area contributed by atoms with E-state index in [0.717, 1.165) is 16.5 Å². The van der Waals surface area contributed by atoms with Crippen molar-refractivity contribution in [3.63, 3.8) is 0 Å². The van der Waals surface area contributed by atoms with Crippen molar-refractivity contribution < 1.29 is 5.11 Å². The molecule has 0 saturated heterocycles. The van der Waals surface area contributed by atoms with Gasteiger partial charge in [0.15, 0.2) is 0 Å². The number of hydrogen-bond acceptors (Lipinski definition) is 1. The first-order valence-corrected chi connectivity index (χ1v) is 8.44. The number of phenols is 1. The highest BCUT2D eigenvalue weighted by Gasteiger charge is 2.10. The highest BCUT2D eigenvalue weighted by Crippen LogP contribution is 2.37. The summed E-state index contributed by atoms with van der Waals surface area (Å²) < 4.78 is 0. The molecule has 5 aromatic carbocycles. The summed E-state index contributed by atoms with van der Waals surface area (Å²) >= 11 is 0. The average molecular weight is 320 g/mol. The van der Waals surface area contributed by atoms with Gasteiger partial charge in [0.2, 0.25) is 0 Å². The second kappa shape index (κ2) is 5.35. The summed E-state index contributed by atoms with van der Waals surface area (Å²) in [6, 6.07) is 31.1. The Kier molecular flexibility index (Phi) is 3.01. The Morgan fingerprint density at radius 3 is 2.00 bits per heavy atom. The number of hydrogen-bond donors (Lipinski definition) is 1. The van der Waals surface area contributed by atoms with Crippen LogP contribution in [0.3, 0.4) is 0 Å². The van der Waals surface area contributed by atoms with Gasteiger partial charge in [0.05, 0.1) is 0 Å². The summed E-state index contributed by atoms with van der Waals surface area (Å²) in [5, 5.41) is 17.6. The molecule has 0 spiro atoms. The molecular formula is C24H16O. The van der Waals surface area contributed by atoms with Gasteiger partial charge in [0.25, 0.3) is 0 Å². The van der Waals surface area contributed by atoms with E-state index in [1.807, 2.05) is 18.2 Å². The molecule has 5 aromatic rings. The minimum Gasteiger partial charge on any atom is -0.507 e. The Morgan fingerprint density at radius 1 is 0.440 bits per heavy atom.